The summed E-state index contributed by atoms with van der Waals surface area (Å²) < 4.78 is 31.2. The van der Waals surface area contributed by atoms with Crippen molar-refractivity contribution in [1.82, 2.24) is 9.63 Å². The molecule has 7 nitrogen and oxygen atoms in total. The predicted octanol–water partition coefficient (Wildman–Crippen LogP) is 1.90. The third-order valence-electron chi connectivity index (χ3n) is 4.50. The molecular formula is C17H19F2N3O4. The average molecular weight is 367 g/mol. The summed E-state index contributed by atoms with van der Waals surface area (Å²) in [4.78, 5) is 25.2. The van der Waals surface area contributed by atoms with Crippen LogP contribution < -0.4 is 10.3 Å². The molecule has 1 fully saturated rings. The van der Waals surface area contributed by atoms with Crippen molar-refractivity contribution in [3.8, 4) is 0 Å². The molecule has 1 aromatic heterocycles. The number of aromatic nitrogens is 1. The van der Waals surface area contributed by atoms with Gasteiger partial charge in [-0.2, -0.15) is 5.06 Å². The number of hydrogen-bond acceptors (Lipinski definition) is 5. The van der Waals surface area contributed by atoms with Crippen molar-refractivity contribution in [2.24, 2.45) is 0 Å². The number of carbonyl (C=O) groups is 1. The number of halogens is 2. The second-order valence-electron chi connectivity index (χ2n) is 6.23. The van der Waals surface area contributed by atoms with E-state index in [4.69, 9.17) is 0 Å². The third-order valence-corrected chi connectivity index (χ3v) is 4.50. The van der Waals surface area contributed by atoms with Crippen molar-refractivity contribution in [1.29, 1.82) is 0 Å². The van der Waals surface area contributed by atoms with Crippen LogP contribution in [0, 0.1) is 11.6 Å². The molecule has 0 amide bonds. The summed E-state index contributed by atoms with van der Waals surface area (Å²) in [5.74, 6) is -3.26. The number of carboxylic acid groups (broad SMARTS) is 1. The first-order chi connectivity index (χ1) is 12.3. The maximum atomic E-state index is 15.2. The minimum Gasteiger partial charge on any atom is -0.477 e. The first kappa shape index (κ1) is 18.3. The van der Waals surface area contributed by atoms with E-state index >= 15 is 4.39 Å². The van der Waals surface area contributed by atoms with Crippen LogP contribution >= 0.6 is 0 Å². The Labute approximate surface area is 147 Å². The number of anilines is 1. The SMILES string of the molecule is CCCn1cc(C(=O)O)c(=O)c2cc(F)c(N3CCN(O)CC3)c(F)c21. The molecule has 1 aliphatic rings. The number of rotatable bonds is 4. The lowest BCUT2D eigenvalue weighted by atomic mass is 10.1. The first-order valence-electron chi connectivity index (χ1n) is 8.32. The van der Waals surface area contributed by atoms with Gasteiger partial charge in [-0.25, -0.2) is 13.6 Å². The smallest absolute Gasteiger partial charge is 0.341 e. The van der Waals surface area contributed by atoms with Crippen molar-refractivity contribution in [2.45, 2.75) is 19.9 Å². The van der Waals surface area contributed by atoms with Gasteiger partial charge in [-0.05, 0) is 12.5 Å². The first-order valence-corrected chi connectivity index (χ1v) is 8.32. The van der Waals surface area contributed by atoms with Gasteiger partial charge in [0.2, 0.25) is 5.43 Å². The van der Waals surface area contributed by atoms with Crippen LogP contribution in [0.25, 0.3) is 10.9 Å². The van der Waals surface area contributed by atoms with E-state index < -0.39 is 28.6 Å². The van der Waals surface area contributed by atoms with Crippen LogP contribution in [-0.4, -0.2) is 52.1 Å². The van der Waals surface area contributed by atoms with Gasteiger partial charge in [-0.15, -0.1) is 0 Å². The third kappa shape index (κ3) is 3.04. The van der Waals surface area contributed by atoms with E-state index in [2.05, 4.69) is 0 Å². The molecule has 9 heteroatoms. The lowest BCUT2D eigenvalue weighted by Gasteiger charge is -2.33. The van der Waals surface area contributed by atoms with Gasteiger partial charge in [0.05, 0.1) is 10.9 Å². The van der Waals surface area contributed by atoms with Crippen molar-refractivity contribution >= 4 is 22.6 Å². The summed E-state index contributed by atoms with van der Waals surface area (Å²) in [5.41, 5.74) is -1.81. The Morgan fingerprint density at radius 3 is 2.46 bits per heavy atom. The normalized spacial score (nSPS) is 15.6. The van der Waals surface area contributed by atoms with E-state index in [9.17, 15) is 24.3 Å². The maximum absolute atomic E-state index is 15.2. The Morgan fingerprint density at radius 1 is 1.23 bits per heavy atom. The molecule has 2 heterocycles. The molecule has 0 unspecified atom stereocenters. The molecule has 0 atom stereocenters. The molecule has 1 aliphatic heterocycles. The number of aromatic carboxylic acids is 1. The van der Waals surface area contributed by atoms with Gasteiger partial charge in [0.15, 0.2) is 5.82 Å². The predicted molar refractivity (Wildman–Crippen MR) is 90.9 cm³/mol. The minimum atomic E-state index is -1.44. The maximum Gasteiger partial charge on any atom is 0.341 e. The zero-order valence-corrected chi connectivity index (χ0v) is 14.2. The van der Waals surface area contributed by atoms with Gasteiger partial charge in [0, 0.05) is 38.9 Å². The van der Waals surface area contributed by atoms with E-state index in [0.29, 0.717) is 6.42 Å². The molecule has 0 aliphatic carbocycles. The molecule has 1 aromatic carbocycles. The van der Waals surface area contributed by atoms with Crippen LogP contribution in [0.5, 0.6) is 0 Å². The van der Waals surface area contributed by atoms with E-state index in [-0.39, 0.29) is 49.3 Å². The Kier molecular flexibility index (Phi) is 4.92. The van der Waals surface area contributed by atoms with Gasteiger partial charge < -0.3 is 19.8 Å². The minimum absolute atomic E-state index is 0.107. The monoisotopic (exact) mass is 367 g/mol. The number of hydroxylamine groups is 2. The molecule has 2 N–H and O–H groups in total. The number of pyridine rings is 1. The van der Waals surface area contributed by atoms with E-state index in [1.807, 2.05) is 6.92 Å². The zero-order chi connectivity index (χ0) is 19.0. The Morgan fingerprint density at radius 2 is 1.88 bits per heavy atom. The Hall–Kier alpha value is -2.52. The van der Waals surface area contributed by atoms with Gasteiger partial charge in [0.1, 0.15) is 17.1 Å². The van der Waals surface area contributed by atoms with Crippen molar-refractivity contribution in [3.05, 3.63) is 39.7 Å². The average Bonchev–Trinajstić information content (AvgIpc) is 2.58. The number of aryl methyl sites for hydroxylation is 1. The van der Waals surface area contributed by atoms with Crippen LogP contribution in [0.3, 0.4) is 0 Å². The highest BCUT2D eigenvalue weighted by Crippen LogP contribution is 2.30. The van der Waals surface area contributed by atoms with Crippen LogP contribution in [0.15, 0.2) is 17.1 Å². The highest BCUT2D eigenvalue weighted by Gasteiger charge is 2.26. The zero-order valence-electron chi connectivity index (χ0n) is 14.2. The molecule has 3 rings (SSSR count). The lowest BCUT2D eigenvalue weighted by molar-refractivity contribution is -0.0936. The summed E-state index contributed by atoms with van der Waals surface area (Å²) in [7, 11) is 0. The number of piperazine rings is 1. The largest absolute Gasteiger partial charge is 0.477 e. The number of hydrogen-bond donors (Lipinski definition) is 2. The molecule has 140 valence electrons. The summed E-state index contributed by atoms with van der Waals surface area (Å²) >= 11 is 0. The van der Waals surface area contributed by atoms with E-state index in [1.54, 1.807) is 0 Å². The summed E-state index contributed by atoms with van der Waals surface area (Å²) in [6.45, 7) is 3.02. The number of carboxylic acids is 1. The fourth-order valence-corrected chi connectivity index (χ4v) is 3.26. The van der Waals surface area contributed by atoms with Crippen LogP contribution in [-0.2, 0) is 6.54 Å². The van der Waals surface area contributed by atoms with Crippen LogP contribution in [0.2, 0.25) is 0 Å². The van der Waals surface area contributed by atoms with Gasteiger partial charge in [0.25, 0.3) is 0 Å². The van der Waals surface area contributed by atoms with E-state index in [0.717, 1.165) is 17.3 Å². The van der Waals surface area contributed by atoms with Crippen LogP contribution in [0.4, 0.5) is 14.5 Å². The fraction of sp³-hybridized carbons (Fsp3) is 0.412. The summed E-state index contributed by atoms with van der Waals surface area (Å²) in [6.07, 6.45) is 1.68. The standard InChI is InChI=1S/C17H19F2N3O4/c1-2-3-21-9-11(17(24)25)16(23)10-8-12(18)15(13(19)14(10)21)20-4-6-22(26)7-5-20/h8-9,26H,2-7H2,1H3,(H,24,25). The number of nitrogens with zero attached hydrogens (tertiary/aromatic N) is 3. The highest BCUT2D eigenvalue weighted by atomic mass is 19.1. The molecular weight excluding hydrogens is 348 g/mol. The fourth-order valence-electron chi connectivity index (χ4n) is 3.26. The second kappa shape index (κ2) is 7.00. The number of fused-ring (bicyclic) bond motifs is 1. The molecule has 0 saturated carbocycles. The van der Waals surface area contributed by atoms with Gasteiger partial charge in [-0.1, -0.05) is 6.92 Å². The number of benzene rings is 1. The quantitative estimate of drug-likeness (QED) is 0.859. The van der Waals surface area contributed by atoms with Crippen molar-refractivity contribution in [2.75, 3.05) is 31.1 Å². The van der Waals surface area contributed by atoms with Crippen molar-refractivity contribution in [3.63, 3.8) is 0 Å². The molecule has 2 aromatic rings. The molecule has 0 radical (unpaired) electrons. The lowest BCUT2D eigenvalue weighted by Crippen LogP contribution is -2.45. The Balaban J connectivity index is 2.27. The summed E-state index contributed by atoms with van der Waals surface area (Å²) in [5, 5.41) is 19.4. The molecule has 0 spiro atoms. The van der Waals surface area contributed by atoms with E-state index in [1.165, 1.54) is 9.47 Å². The summed E-state index contributed by atoms with van der Waals surface area (Å²) in [6, 6.07) is 0.903. The van der Waals surface area contributed by atoms with Gasteiger partial charge in [-0.3, -0.25) is 4.79 Å². The van der Waals surface area contributed by atoms with Crippen LogP contribution in [0.1, 0.15) is 23.7 Å². The molecule has 0 bridgehead atoms. The topological polar surface area (TPSA) is 86.0 Å². The highest BCUT2D eigenvalue weighted by molar-refractivity contribution is 5.93. The van der Waals surface area contributed by atoms with Gasteiger partial charge >= 0.3 is 5.97 Å². The second-order valence-corrected chi connectivity index (χ2v) is 6.23. The van der Waals surface area contributed by atoms with Crippen molar-refractivity contribution < 1.29 is 23.9 Å². The molecule has 26 heavy (non-hydrogen) atoms. The molecule has 1 saturated heterocycles. The Bertz CT molecular complexity index is 921.